The molecule has 2 aromatic carbocycles. The molecule has 0 amide bonds. The minimum atomic E-state index is -0.360. The van der Waals surface area contributed by atoms with Crippen molar-refractivity contribution in [2.75, 3.05) is 13.6 Å². The number of hydrogen-bond donors (Lipinski definition) is 1. The lowest BCUT2D eigenvalue weighted by molar-refractivity contribution is 0.0833. The normalized spacial score (nSPS) is 24.7. The predicted octanol–water partition coefficient (Wildman–Crippen LogP) is 2.93. The number of likely N-dealkylation sites (N-methyl/N-ethyl adjacent to an activating group) is 1. The van der Waals surface area contributed by atoms with Gasteiger partial charge in [0.15, 0.2) is 0 Å². The summed E-state index contributed by atoms with van der Waals surface area (Å²) in [7, 11) is 2.11. The Morgan fingerprint density at radius 1 is 1.05 bits per heavy atom. The van der Waals surface area contributed by atoms with Crippen molar-refractivity contribution in [3.63, 3.8) is 0 Å². The van der Waals surface area contributed by atoms with Crippen molar-refractivity contribution < 1.29 is 5.11 Å². The van der Waals surface area contributed by atoms with Gasteiger partial charge in [-0.3, -0.25) is 4.90 Å². The molecule has 1 aliphatic carbocycles. The maximum Gasteiger partial charge on any atom is 0.0920 e. The van der Waals surface area contributed by atoms with Crippen LogP contribution in [0, 0.1) is 0 Å². The van der Waals surface area contributed by atoms with E-state index in [1.54, 1.807) is 0 Å². The maximum atomic E-state index is 10.3. The van der Waals surface area contributed by atoms with E-state index in [2.05, 4.69) is 54.4 Å². The molecule has 2 aromatic rings. The smallest absolute Gasteiger partial charge is 0.0920 e. The molecule has 2 nitrogen and oxygen atoms in total. The molecule has 2 unspecified atom stereocenters. The van der Waals surface area contributed by atoms with Gasteiger partial charge in [0, 0.05) is 12.6 Å². The van der Waals surface area contributed by atoms with Gasteiger partial charge in [0.25, 0.3) is 0 Å². The lowest BCUT2D eigenvalue weighted by atomic mass is 9.77. The highest BCUT2D eigenvalue weighted by atomic mass is 16.3. The Labute approximate surface area is 113 Å². The zero-order valence-corrected chi connectivity index (χ0v) is 11.0. The number of fused-ring (bicyclic) bond motifs is 2. The number of hydrogen-bond acceptors (Lipinski definition) is 2. The second kappa shape index (κ2) is 3.92. The molecular weight excluding hydrogens is 234 g/mol. The van der Waals surface area contributed by atoms with Gasteiger partial charge in [-0.05, 0) is 41.3 Å². The van der Waals surface area contributed by atoms with Gasteiger partial charge in [-0.1, -0.05) is 42.5 Å². The summed E-state index contributed by atoms with van der Waals surface area (Å²) in [6.07, 6.45) is 0.685. The molecule has 0 saturated heterocycles. The average Bonchev–Trinajstić information content (AvgIpc) is 2.44. The van der Waals surface area contributed by atoms with E-state index in [9.17, 15) is 5.11 Å². The van der Waals surface area contributed by atoms with Gasteiger partial charge < -0.3 is 5.11 Å². The van der Waals surface area contributed by atoms with Gasteiger partial charge in [-0.25, -0.2) is 0 Å². The minimum absolute atomic E-state index is 0.360. The fourth-order valence-electron chi connectivity index (χ4n) is 3.63. The fourth-order valence-corrected chi connectivity index (χ4v) is 3.63. The number of aliphatic hydroxyl groups excluding tert-OH is 1. The van der Waals surface area contributed by atoms with E-state index < -0.39 is 0 Å². The van der Waals surface area contributed by atoms with Crippen molar-refractivity contribution in [3.8, 4) is 11.1 Å². The summed E-state index contributed by atoms with van der Waals surface area (Å²) >= 11 is 0. The number of aliphatic hydroxyl groups is 1. The lowest BCUT2D eigenvalue weighted by Gasteiger charge is -2.41. The molecule has 1 aliphatic heterocycles. The van der Waals surface area contributed by atoms with E-state index in [1.165, 1.54) is 22.3 Å². The molecule has 19 heavy (non-hydrogen) atoms. The first-order valence-corrected chi connectivity index (χ1v) is 6.85. The lowest BCUT2D eigenvalue weighted by Crippen LogP contribution is -2.37. The molecule has 0 fully saturated rings. The monoisotopic (exact) mass is 251 g/mol. The third-order valence-electron chi connectivity index (χ3n) is 4.55. The standard InChI is InChI=1S/C17H17NO/c1-18-10-16(19)14-8-4-7-13-12-6-3-2-5-11(12)9-15(18)17(13)14/h2-8,15-16,19H,9-10H2,1H3. The van der Waals surface area contributed by atoms with Crippen LogP contribution in [0.3, 0.4) is 0 Å². The van der Waals surface area contributed by atoms with E-state index in [4.69, 9.17) is 0 Å². The number of nitrogens with zero attached hydrogens (tertiary/aromatic N) is 1. The largest absolute Gasteiger partial charge is 0.387 e. The van der Waals surface area contributed by atoms with Crippen molar-refractivity contribution in [1.29, 1.82) is 0 Å². The van der Waals surface area contributed by atoms with E-state index in [0.29, 0.717) is 6.04 Å². The van der Waals surface area contributed by atoms with Crippen molar-refractivity contribution in [3.05, 3.63) is 59.2 Å². The highest BCUT2D eigenvalue weighted by molar-refractivity contribution is 5.75. The van der Waals surface area contributed by atoms with Crippen LogP contribution in [0.4, 0.5) is 0 Å². The van der Waals surface area contributed by atoms with Crippen LogP contribution in [-0.4, -0.2) is 23.6 Å². The summed E-state index contributed by atoms with van der Waals surface area (Å²) in [4.78, 5) is 2.28. The third-order valence-corrected chi connectivity index (χ3v) is 4.55. The second-order valence-corrected chi connectivity index (χ2v) is 5.64. The number of benzene rings is 2. The van der Waals surface area contributed by atoms with Gasteiger partial charge >= 0.3 is 0 Å². The molecule has 0 spiro atoms. The summed E-state index contributed by atoms with van der Waals surface area (Å²) in [5.74, 6) is 0. The molecule has 0 aromatic heterocycles. The first-order chi connectivity index (χ1) is 9.25. The van der Waals surface area contributed by atoms with Crippen molar-refractivity contribution in [2.24, 2.45) is 0 Å². The topological polar surface area (TPSA) is 23.5 Å². The molecule has 96 valence electrons. The summed E-state index contributed by atoms with van der Waals surface area (Å²) < 4.78 is 0. The van der Waals surface area contributed by atoms with E-state index in [-0.39, 0.29) is 6.10 Å². The Morgan fingerprint density at radius 2 is 1.84 bits per heavy atom. The predicted molar refractivity (Wildman–Crippen MR) is 75.9 cm³/mol. The summed E-state index contributed by atoms with van der Waals surface area (Å²) in [5, 5.41) is 10.3. The van der Waals surface area contributed by atoms with E-state index in [0.717, 1.165) is 18.5 Å². The molecule has 0 saturated carbocycles. The molecule has 2 aliphatic rings. The summed E-state index contributed by atoms with van der Waals surface area (Å²) in [6, 6.07) is 15.4. The maximum absolute atomic E-state index is 10.3. The van der Waals surface area contributed by atoms with Crippen LogP contribution in [0.25, 0.3) is 11.1 Å². The second-order valence-electron chi connectivity index (χ2n) is 5.64. The molecule has 2 atom stereocenters. The van der Waals surface area contributed by atoms with Gasteiger partial charge in [0.2, 0.25) is 0 Å². The molecule has 2 heteroatoms. The molecule has 1 heterocycles. The zero-order valence-electron chi connectivity index (χ0n) is 11.0. The van der Waals surface area contributed by atoms with Crippen LogP contribution in [0.2, 0.25) is 0 Å². The molecule has 0 radical (unpaired) electrons. The summed E-state index contributed by atoms with van der Waals surface area (Å²) in [5.41, 5.74) is 6.51. The number of rotatable bonds is 0. The van der Waals surface area contributed by atoms with Gasteiger partial charge in [-0.2, -0.15) is 0 Å². The molecular formula is C17H17NO. The first-order valence-electron chi connectivity index (χ1n) is 6.85. The molecule has 1 N–H and O–H groups in total. The summed E-state index contributed by atoms with van der Waals surface area (Å²) in [6.45, 7) is 0.725. The quantitative estimate of drug-likeness (QED) is 0.778. The Hall–Kier alpha value is -1.64. The molecule has 0 bridgehead atoms. The SMILES string of the molecule is CN1CC(O)c2cccc3c2C1Cc1ccccc1-3. The van der Waals surface area contributed by atoms with Crippen LogP contribution >= 0.6 is 0 Å². The van der Waals surface area contributed by atoms with Crippen LogP contribution < -0.4 is 0 Å². The van der Waals surface area contributed by atoms with Crippen LogP contribution in [0.15, 0.2) is 42.5 Å². The Bertz CT molecular complexity index is 649. The van der Waals surface area contributed by atoms with Gasteiger partial charge in [-0.15, -0.1) is 0 Å². The first kappa shape index (κ1) is 11.2. The Morgan fingerprint density at radius 3 is 2.74 bits per heavy atom. The van der Waals surface area contributed by atoms with Gasteiger partial charge in [0.1, 0.15) is 0 Å². The van der Waals surface area contributed by atoms with Crippen LogP contribution in [-0.2, 0) is 6.42 Å². The Kier molecular flexibility index (Phi) is 2.32. The highest BCUT2D eigenvalue weighted by Crippen LogP contribution is 2.46. The highest BCUT2D eigenvalue weighted by Gasteiger charge is 2.35. The fraction of sp³-hybridized carbons (Fsp3) is 0.294. The van der Waals surface area contributed by atoms with Crippen molar-refractivity contribution in [2.45, 2.75) is 18.6 Å². The van der Waals surface area contributed by atoms with Crippen molar-refractivity contribution in [1.82, 2.24) is 4.90 Å². The molecule has 4 rings (SSSR count). The van der Waals surface area contributed by atoms with Crippen LogP contribution in [0.5, 0.6) is 0 Å². The zero-order chi connectivity index (χ0) is 13.0. The minimum Gasteiger partial charge on any atom is -0.387 e. The van der Waals surface area contributed by atoms with E-state index >= 15 is 0 Å². The van der Waals surface area contributed by atoms with Crippen molar-refractivity contribution >= 4 is 0 Å². The Balaban J connectivity index is 2.03. The van der Waals surface area contributed by atoms with Crippen LogP contribution in [0.1, 0.15) is 28.8 Å². The third kappa shape index (κ3) is 1.50. The van der Waals surface area contributed by atoms with Gasteiger partial charge in [0.05, 0.1) is 6.10 Å². The number of β-amino-alcohol motifs (C(OH)–C–C–N with tert-alkyl or cyclic N) is 1. The van der Waals surface area contributed by atoms with E-state index in [1.807, 2.05) is 0 Å². The average molecular weight is 251 g/mol.